The molecule has 92 valence electrons. The maximum atomic E-state index is 9.50. The molecule has 3 nitrogen and oxygen atoms in total. The fourth-order valence-corrected chi connectivity index (χ4v) is 3.38. The summed E-state index contributed by atoms with van der Waals surface area (Å²) in [5, 5.41) is 9.50. The minimum absolute atomic E-state index is 0.305. The van der Waals surface area contributed by atoms with E-state index in [4.69, 9.17) is 5.73 Å². The molecule has 3 N–H and O–H groups in total. The Morgan fingerprint density at radius 1 is 1.29 bits per heavy atom. The summed E-state index contributed by atoms with van der Waals surface area (Å²) in [5.74, 6) is 1.06. The summed E-state index contributed by atoms with van der Waals surface area (Å²) >= 11 is 0. The van der Waals surface area contributed by atoms with E-state index in [1.54, 1.807) is 6.07 Å². The van der Waals surface area contributed by atoms with Gasteiger partial charge in [-0.05, 0) is 56.0 Å². The Labute approximate surface area is 102 Å². The van der Waals surface area contributed by atoms with Gasteiger partial charge in [-0.1, -0.05) is 12.1 Å². The van der Waals surface area contributed by atoms with Crippen LogP contribution < -0.4 is 5.73 Å². The maximum Gasteiger partial charge on any atom is 0.115 e. The van der Waals surface area contributed by atoms with Crippen LogP contribution in [0.5, 0.6) is 5.75 Å². The van der Waals surface area contributed by atoms with Gasteiger partial charge in [-0.25, -0.2) is 0 Å². The van der Waals surface area contributed by atoms with Crippen LogP contribution in [0.3, 0.4) is 0 Å². The second kappa shape index (κ2) is 4.31. The number of nitrogens with two attached hydrogens (primary N) is 1. The Balaban J connectivity index is 1.76. The molecule has 1 aromatic rings. The molecule has 2 unspecified atom stereocenters. The van der Waals surface area contributed by atoms with Gasteiger partial charge in [0.15, 0.2) is 0 Å². The zero-order chi connectivity index (χ0) is 11.8. The fourth-order valence-electron chi connectivity index (χ4n) is 3.38. The molecule has 4 rings (SSSR count). The minimum Gasteiger partial charge on any atom is -0.508 e. The molecule has 0 aromatic heterocycles. The van der Waals surface area contributed by atoms with E-state index >= 15 is 0 Å². The molecule has 0 radical (unpaired) electrons. The lowest BCUT2D eigenvalue weighted by atomic mass is 9.77. The Bertz CT molecular complexity index is 397. The number of benzene rings is 1. The summed E-state index contributed by atoms with van der Waals surface area (Å²) in [6.45, 7) is 2.39. The van der Waals surface area contributed by atoms with Crippen LogP contribution >= 0.6 is 0 Å². The Morgan fingerprint density at radius 3 is 2.71 bits per heavy atom. The number of hydrogen-bond acceptors (Lipinski definition) is 3. The van der Waals surface area contributed by atoms with Gasteiger partial charge in [-0.2, -0.15) is 0 Å². The van der Waals surface area contributed by atoms with Gasteiger partial charge < -0.3 is 10.8 Å². The number of rotatable bonds is 2. The normalized spacial score (nSPS) is 36.1. The lowest BCUT2D eigenvalue weighted by Gasteiger charge is -2.49. The van der Waals surface area contributed by atoms with E-state index < -0.39 is 0 Å². The minimum atomic E-state index is 0.305. The first kappa shape index (κ1) is 11.1. The highest BCUT2D eigenvalue weighted by molar-refractivity contribution is 5.28. The molecule has 3 saturated heterocycles. The number of fused-ring (bicyclic) bond motifs is 3. The van der Waals surface area contributed by atoms with E-state index in [2.05, 4.69) is 11.0 Å². The predicted molar refractivity (Wildman–Crippen MR) is 67.9 cm³/mol. The molecule has 0 saturated carbocycles. The summed E-state index contributed by atoms with van der Waals surface area (Å²) in [5.41, 5.74) is 7.54. The molecule has 0 amide bonds. The van der Waals surface area contributed by atoms with Crippen LogP contribution in [0.4, 0.5) is 0 Å². The van der Waals surface area contributed by atoms with Crippen molar-refractivity contribution in [2.45, 2.75) is 31.3 Å². The maximum absolute atomic E-state index is 9.50. The molecule has 1 aromatic carbocycles. The Hall–Kier alpha value is -1.06. The van der Waals surface area contributed by atoms with Gasteiger partial charge in [0.05, 0.1) is 0 Å². The third kappa shape index (κ3) is 2.05. The van der Waals surface area contributed by atoms with Crippen molar-refractivity contribution in [1.29, 1.82) is 0 Å². The summed E-state index contributed by atoms with van der Waals surface area (Å²) in [7, 11) is 0. The molecule has 3 aliphatic heterocycles. The van der Waals surface area contributed by atoms with Crippen LogP contribution in [-0.4, -0.2) is 35.2 Å². The van der Waals surface area contributed by atoms with E-state index in [-0.39, 0.29) is 0 Å². The van der Waals surface area contributed by atoms with Gasteiger partial charge >= 0.3 is 0 Å². The monoisotopic (exact) mass is 232 g/mol. The Kier molecular flexibility index (Phi) is 2.81. The average molecular weight is 232 g/mol. The molecule has 3 heteroatoms. The zero-order valence-corrected chi connectivity index (χ0v) is 10.0. The second-order valence-corrected chi connectivity index (χ2v) is 5.39. The largest absolute Gasteiger partial charge is 0.508 e. The Morgan fingerprint density at radius 2 is 2.06 bits per heavy atom. The van der Waals surface area contributed by atoms with Gasteiger partial charge in [0.1, 0.15) is 5.75 Å². The van der Waals surface area contributed by atoms with Crippen LogP contribution in [0.15, 0.2) is 24.3 Å². The highest BCUT2D eigenvalue weighted by Crippen LogP contribution is 2.32. The van der Waals surface area contributed by atoms with Crippen molar-refractivity contribution in [1.82, 2.24) is 4.90 Å². The summed E-state index contributed by atoms with van der Waals surface area (Å²) in [6.07, 6.45) is 3.49. The number of phenols is 1. The molecule has 3 fully saturated rings. The van der Waals surface area contributed by atoms with Crippen LogP contribution in [0.1, 0.15) is 18.4 Å². The van der Waals surface area contributed by atoms with Gasteiger partial charge in [-0.3, -0.25) is 4.90 Å². The fraction of sp³-hybridized carbons (Fsp3) is 0.571. The van der Waals surface area contributed by atoms with Gasteiger partial charge in [0.2, 0.25) is 0 Å². The van der Waals surface area contributed by atoms with Crippen molar-refractivity contribution in [2.75, 3.05) is 13.1 Å². The third-order valence-electron chi connectivity index (χ3n) is 4.39. The number of piperidine rings is 3. The van der Waals surface area contributed by atoms with Gasteiger partial charge in [0, 0.05) is 12.1 Å². The van der Waals surface area contributed by atoms with Crippen molar-refractivity contribution < 1.29 is 5.11 Å². The van der Waals surface area contributed by atoms with Crippen LogP contribution in [0.25, 0.3) is 0 Å². The molecule has 0 aliphatic carbocycles. The number of hydrogen-bond donors (Lipinski definition) is 2. The van der Waals surface area contributed by atoms with Crippen molar-refractivity contribution in [3.05, 3.63) is 29.8 Å². The molecule has 0 spiro atoms. The average Bonchev–Trinajstić information content (AvgIpc) is 2.34. The lowest BCUT2D eigenvalue weighted by molar-refractivity contribution is 0.0287. The number of phenolic OH excluding ortho intramolecular Hbond substituents is 1. The van der Waals surface area contributed by atoms with Gasteiger partial charge in [0.25, 0.3) is 0 Å². The van der Waals surface area contributed by atoms with Crippen molar-refractivity contribution in [3.8, 4) is 5.75 Å². The second-order valence-electron chi connectivity index (χ2n) is 5.39. The molecular weight excluding hydrogens is 212 g/mol. The third-order valence-corrected chi connectivity index (χ3v) is 4.39. The van der Waals surface area contributed by atoms with Crippen molar-refractivity contribution in [3.63, 3.8) is 0 Å². The first-order chi connectivity index (χ1) is 8.24. The molecule has 2 bridgehead atoms. The summed E-state index contributed by atoms with van der Waals surface area (Å²) in [4.78, 5) is 2.52. The standard InChI is InChI=1S/C14H20N2O/c15-14-11-4-6-16(7-5-11)13(14)9-10-2-1-3-12(17)8-10/h1-3,8,11,13-14,17H,4-7,9,15H2. The van der Waals surface area contributed by atoms with Crippen molar-refractivity contribution in [2.24, 2.45) is 11.7 Å². The smallest absolute Gasteiger partial charge is 0.115 e. The van der Waals surface area contributed by atoms with E-state index in [0.717, 1.165) is 6.42 Å². The summed E-state index contributed by atoms with van der Waals surface area (Å²) in [6, 6.07) is 8.33. The predicted octanol–water partition coefficient (Wildman–Crippen LogP) is 1.36. The number of aromatic hydroxyl groups is 1. The SMILES string of the molecule is NC1C2CCN(CC2)C1Cc1cccc(O)c1. The molecule has 2 atom stereocenters. The van der Waals surface area contributed by atoms with E-state index in [9.17, 15) is 5.11 Å². The molecule has 3 aliphatic rings. The van der Waals surface area contributed by atoms with Crippen LogP contribution in [0, 0.1) is 5.92 Å². The summed E-state index contributed by atoms with van der Waals surface area (Å²) < 4.78 is 0. The zero-order valence-electron chi connectivity index (χ0n) is 10.0. The number of nitrogens with zero attached hydrogens (tertiary/aromatic N) is 1. The molecular formula is C14H20N2O. The van der Waals surface area contributed by atoms with Crippen molar-refractivity contribution >= 4 is 0 Å². The molecule has 3 heterocycles. The van der Waals surface area contributed by atoms with E-state index in [0.29, 0.717) is 23.8 Å². The van der Waals surface area contributed by atoms with E-state index in [1.165, 1.54) is 31.5 Å². The van der Waals surface area contributed by atoms with E-state index in [1.807, 2.05) is 12.1 Å². The first-order valence-corrected chi connectivity index (χ1v) is 6.51. The highest BCUT2D eigenvalue weighted by Gasteiger charge is 2.39. The lowest BCUT2D eigenvalue weighted by Crippen LogP contribution is -2.61. The quantitative estimate of drug-likeness (QED) is 0.809. The van der Waals surface area contributed by atoms with Gasteiger partial charge in [-0.15, -0.1) is 0 Å². The first-order valence-electron chi connectivity index (χ1n) is 6.51. The highest BCUT2D eigenvalue weighted by atomic mass is 16.3. The topological polar surface area (TPSA) is 49.5 Å². The van der Waals surface area contributed by atoms with Crippen LogP contribution in [-0.2, 0) is 6.42 Å². The molecule has 17 heavy (non-hydrogen) atoms. The van der Waals surface area contributed by atoms with Crippen LogP contribution in [0.2, 0.25) is 0 Å².